The Hall–Kier alpha value is -2.15. The van der Waals surface area contributed by atoms with Crippen LogP contribution in [0.15, 0.2) is 41.1 Å². The van der Waals surface area contributed by atoms with Gasteiger partial charge in [-0.1, -0.05) is 0 Å². The zero-order valence-corrected chi connectivity index (χ0v) is 11.5. The molecule has 1 aromatic heterocycles. The number of pyridine rings is 1. The number of aromatic nitrogens is 1. The second-order valence-electron chi connectivity index (χ2n) is 3.50. The van der Waals surface area contributed by atoms with Crippen LogP contribution >= 0.6 is 15.9 Å². The summed E-state index contributed by atoms with van der Waals surface area (Å²) >= 11 is 3.29. The van der Waals surface area contributed by atoms with Gasteiger partial charge in [0.2, 0.25) is 0 Å². The molecule has 19 heavy (non-hydrogen) atoms. The van der Waals surface area contributed by atoms with Crippen molar-refractivity contribution in [1.29, 1.82) is 0 Å². The van der Waals surface area contributed by atoms with Crippen molar-refractivity contribution in [2.24, 2.45) is 0 Å². The van der Waals surface area contributed by atoms with Crippen molar-refractivity contribution in [3.63, 3.8) is 0 Å². The summed E-state index contributed by atoms with van der Waals surface area (Å²) in [5.41, 5.74) is -0.0685. The number of hydrogen-bond acceptors (Lipinski definition) is 5. The highest BCUT2D eigenvalue weighted by Crippen LogP contribution is 2.36. The van der Waals surface area contributed by atoms with Crippen LogP contribution in [0.5, 0.6) is 17.2 Å². The maximum Gasteiger partial charge on any atom is 0.273 e. The first kappa shape index (κ1) is 13.3. The van der Waals surface area contributed by atoms with Crippen LogP contribution in [0.4, 0.5) is 5.69 Å². The third kappa shape index (κ3) is 3.00. The van der Waals surface area contributed by atoms with Gasteiger partial charge < -0.3 is 9.47 Å². The fraction of sp³-hybridized carbons (Fsp3) is 0.0833. The number of non-ortho nitro benzene ring substituents is 1. The Bertz CT molecular complexity index is 618. The lowest BCUT2D eigenvalue weighted by Gasteiger charge is -2.10. The first-order valence-corrected chi connectivity index (χ1v) is 6.01. The lowest BCUT2D eigenvalue weighted by Crippen LogP contribution is -1.94. The van der Waals surface area contributed by atoms with Gasteiger partial charge in [-0.3, -0.25) is 15.1 Å². The molecule has 0 radical (unpaired) electrons. The van der Waals surface area contributed by atoms with Gasteiger partial charge in [-0.15, -0.1) is 0 Å². The topological polar surface area (TPSA) is 74.5 Å². The molecular weight excluding hydrogens is 316 g/mol. The van der Waals surface area contributed by atoms with Gasteiger partial charge in [0, 0.05) is 24.5 Å². The third-order valence-corrected chi connectivity index (χ3v) is 2.91. The molecule has 0 amide bonds. The Morgan fingerprint density at radius 1 is 1.26 bits per heavy atom. The smallest absolute Gasteiger partial charge is 0.273 e. The summed E-state index contributed by atoms with van der Waals surface area (Å²) in [7, 11) is 1.47. The minimum Gasteiger partial charge on any atom is -0.493 e. The fourth-order valence-corrected chi connectivity index (χ4v) is 1.75. The second-order valence-corrected chi connectivity index (χ2v) is 4.35. The van der Waals surface area contributed by atoms with Gasteiger partial charge in [-0.25, -0.2) is 0 Å². The van der Waals surface area contributed by atoms with Gasteiger partial charge in [0.1, 0.15) is 5.75 Å². The molecule has 0 aliphatic rings. The van der Waals surface area contributed by atoms with Crippen molar-refractivity contribution in [1.82, 2.24) is 4.98 Å². The Labute approximate surface area is 117 Å². The van der Waals surface area contributed by atoms with Crippen LogP contribution in [0.2, 0.25) is 0 Å². The first-order chi connectivity index (χ1) is 9.11. The largest absolute Gasteiger partial charge is 0.493 e. The third-order valence-electron chi connectivity index (χ3n) is 2.31. The highest BCUT2D eigenvalue weighted by molar-refractivity contribution is 9.10. The van der Waals surface area contributed by atoms with Gasteiger partial charge in [-0.05, 0) is 22.0 Å². The molecule has 2 rings (SSSR count). The lowest BCUT2D eigenvalue weighted by molar-refractivity contribution is -0.384. The van der Waals surface area contributed by atoms with Crippen molar-refractivity contribution >= 4 is 21.6 Å². The van der Waals surface area contributed by atoms with Crippen LogP contribution in [-0.4, -0.2) is 17.0 Å². The summed E-state index contributed by atoms with van der Waals surface area (Å²) in [5, 5.41) is 10.8. The Morgan fingerprint density at radius 2 is 2.05 bits per heavy atom. The van der Waals surface area contributed by atoms with Gasteiger partial charge in [0.05, 0.1) is 22.6 Å². The maximum absolute atomic E-state index is 10.8. The van der Waals surface area contributed by atoms with Gasteiger partial charge in [0.15, 0.2) is 11.5 Å². The van der Waals surface area contributed by atoms with Crippen molar-refractivity contribution < 1.29 is 14.4 Å². The number of nitro groups is 1. The van der Waals surface area contributed by atoms with Crippen molar-refractivity contribution in [2.75, 3.05) is 7.11 Å². The molecular formula is C12H9BrN2O4. The van der Waals surface area contributed by atoms with Crippen LogP contribution in [-0.2, 0) is 0 Å². The summed E-state index contributed by atoms with van der Waals surface area (Å²) in [6.45, 7) is 0. The molecule has 0 atom stereocenters. The quantitative estimate of drug-likeness (QED) is 0.635. The van der Waals surface area contributed by atoms with E-state index in [4.69, 9.17) is 9.47 Å². The number of halogens is 1. The normalized spacial score (nSPS) is 10.0. The summed E-state index contributed by atoms with van der Waals surface area (Å²) in [6.07, 6.45) is 3.13. The number of nitro benzene ring substituents is 1. The number of benzene rings is 1. The summed E-state index contributed by atoms with van der Waals surface area (Å²) in [5.74, 6) is 1.17. The van der Waals surface area contributed by atoms with Crippen molar-refractivity contribution in [2.45, 2.75) is 0 Å². The van der Waals surface area contributed by atoms with E-state index in [9.17, 15) is 10.1 Å². The predicted octanol–water partition coefficient (Wildman–Crippen LogP) is 3.55. The average Bonchev–Trinajstić information content (AvgIpc) is 2.41. The number of nitrogens with zero attached hydrogens (tertiary/aromatic N) is 2. The molecule has 98 valence electrons. The van der Waals surface area contributed by atoms with Crippen LogP contribution in [0.25, 0.3) is 0 Å². The van der Waals surface area contributed by atoms with E-state index < -0.39 is 4.92 Å². The molecule has 0 aliphatic carbocycles. The van der Waals surface area contributed by atoms with Crippen LogP contribution in [0, 0.1) is 10.1 Å². The van der Waals surface area contributed by atoms with E-state index in [0.717, 1.165) is 0 Å². The van der Waals surface area contributed by atoms with Crippen molar-refractivity contribution in [3.8, 4) is 17.2 Å². The number of hydrogen-bond donors (Lipinski definition) is 0. The monoisotopic (exact) mass is 324 g/mol. The van der Waals surface area contributed by atoms with Gasteiger partial charge in [0.25, 0.3) is 5.69 Å². The molecule has 0 fully saturated rings. The second kappa shape index (κ2) is 5.66. The molecule has 2 aromatic rings. The molecule has 0 aliphatic heterocycles. The SMILES string of the molecule is COc1ccc([N+](=O)[O-])cc1Oc1ccncc1Br. The molecule has 0 spiro atoms. The highest BCUT2D eigenvalue weighted by Gasteiger charge is 2.14. The number of rotatable bonds is 4. The average molecular weight is 325 g/mol. The van der Waals surface area contributed by atoms with E-state index in [-0.39, 0.29) is 11.4 Å². The summed E-state index contributed by atoms with van der Waals surface area (Å²) in [4.78, 5) is 14.2. The molecule has 6 nitrogen and oxygen atoms in total. The minimum atomic E-state index is -0.492. The van der Waals surface area contributed by atoms with E-state index in [1.165, 1.54) is 25.3 Å². The fourth-order valence-electron chi connectivity index (χ4n) is 1.42. The Kier molecular flexibility index (Phi) is 3.96. The summed E-state index contributed by atoms with van der Waals surface area (Å²) < 4.78 is 11.4. The van der Waals surface area contributed by atoms with Crippen LogP contribution < -0.4 is 9.47 Å². The number of methoxy groups -OCH3 is 1. The molecule has 0 bridgehead atoms. The Balaban J connectivity index is 2.40. The van der Waals surface area contributed by atoms with E-state index in [0.29, 0.717) is 16.0 Å². The van der Waals surface area contributed by atoms with Crippen LogP contribution in [0.3, 0.4) is 0 Å². The van der Waals surface area contributed by atoms with E-state index in [1.54, 1.807) is 18.5 Å². The van der Waals surface area contributed by atoms with Gasteiger partial charge in [-0.2, -0.15) is 0 Å². The van der Waals surface area contributed by atoms with E-state index >= 15 is 0 Å². The summed E-state index contributed by atoms with van der Waals surface area (Å²) in [6, 6.07) is 5.80. The zero-order chi connectivity index (χ0) is 13.8. The molecule has 0 saturated carbocycles. The van der Waals surface area contributed by atoms with E-state index in [2.05, 4.69) is 20.9 Å². The predicted molar refractivity (Wildman–Crippen MR) is 71.7 cm³/mol. The lowest BCUT2D eigenvalue weighted by atomic mass is 10.3. The molecule has 7 heteroatoms. The van der Waals surface area contributed by atoms with Crippen molar-refractivity contribution in [3.05, 3.63) is 51.2 Å². The highest BCUT2D eigenvalue weighted by atomic mass is 79.9. The molecule has 0 N–H and O–H groups in total. The standard InChI is InChI=1S/C12H9BrN2O4/c1-18-11-3-2-8(15(16)17)6-12(11)19-10-4-5-14-7-9(10)13/h2-7H,1H3. The first-order valence-electron chi connectivity index (χ1n) is 5.21. The maximum atomic E-state index is 10.8. The molecule has 1 heterocycles. The Morgan fingerprint density at radius 3 is 2.68 bits per heavy atom. The van der Waals surface area contributed by atoms with Gasteiger partial charge >= 0.3 is 0 Å². The number of ether oxygens (including phenoxy) is 2. The molecule has 0 saturated heterocycles. The van der Waals surface area contributed by atoms with Crippen LogP contribution in [0.1, 0.15) is 0 Å². The molecule has 0 unspecified atom stereocenters. The zero-order valence-electron chi connectivity index (χ0n) is 9.87. The van der Waals surface area contributed by atoms with E-state index in [1.807, 2.05) is 0 Å². The minimum absolute atomic E-state index is 0.0685. The molecule has 1 aromatic carbocycles.